The fourth-order valence-electron chi connectivity index (χ4n) is 3.15. The Bertz CT molecular complexity index is 944. The van der Waals surface area contributed by atoms with E-state index >= 15 is 0 Å². The monoisotopic (exact) mass is 423 g/mol. The van der Waals surface area contributed by atoms with E-state index in [9.17, 15) is 19.8 Å². The molecule has 1 aliphatic heterocycles. The van der Waals surface area contributed by atoms with Crippen LogP contribution in [0.2, 0.25) is 0 Å². The number of ether oxygens (including phenoxy) is 3. The Morgan fingerprint density at radius 2 is 1.77 bits per heavy atom. The Labute approximate surface area is 172 Å². The van der Waals surface area contributed by atoms with E-state index in [1.807, 2.05) is 13.8 Å². The van der Waals surface area contributed by atoms with Crippen LogP contribution in [0.1, 0.15) is 40.3 Å². The van der Waals surface area contributed by atoms with E-state index in [1.54, 1.807) is 0 Å². The Kier molecular flexibility index (Phi) is 5.92. The summed E-state index contributed by atoms with van der Waals surface area (Å²) in [5, 5.41) is 21.3. The quantitative estimate of drug-likeness (QED) is 0.563. The first-order chi connectivity index (χ1) is 14.0. The van der Waals surface area contributed by atoms with Gasteiger partial charge in [-0.15, -0.1) is 0 Å². The highest BCUT2D eigenvalue weighted by molar-refractivity contribution is 5.82. The van der Waals surface area contributed by atoms with Crippen molar-refractivity contribution in [1.82, 2.24) is 19.5 Å². The first-order valence-electron chi connectivity index (χ1n) is 9.40. The number of fused-ring (bicyclic) bond motifs is 1. The van der Waals surface area contributed by atoms with Crippen molar-refractivity contribution in [3.05, 3.63) is 12.7 Å². The molecule has 4 N–H and O–H groups in total. The number of aromatic nitrogens is 4. The first kappa shape index (κ1) is 21.9. The third kappa shape index (κ3) is 4.35. The van der Waals surface area contributed by atoms with Crippen molar-refractivity contribution >= 4 is 28.9 Å². The zero-order valence-corrected chi connectivity index (χ0v) is 17.1. The second kappa shape index (κ2) is 8.13. The summed E-state index contributed by atoms with van der Waals surface area (Å²) >= 11 is 0. The Morgan fingerprint density at radius 1 is 1.13 bits per heavy atom. The molecular formula is C18H25N5O7. The number of rotatable bonds is 3. The number of hydrogen-bond donors (Lipinski definition) is 3. The number of nitrogens with zero attached hydrogens (tertiary/aromatic N) is 4. The highest BCUT2D eigenvalue weighted by atomic mass is 16.7. The molecule has 2 aromatic rings. The molecule has 0 bridgehead atoms. The molecule has 1 fully saturated rings. The highest BCUT2D eigenvalue weighted by Crippen LogP contribution is 2.29. The number of esters is 2. The van der Waals surface area contributed by atoms with Gasteiger partial charge in [0.1, 0.15) is 11.8 Å². The fourth-order valence-corrected chi connectivity index (χ4v) is 3.15. The Morgan fingerprint density at radius 3 is 2.40 bits per heavy atom. The maximum atomic E-state index is 12.6. The molecule has 12 nitrogen and oxygen atoms in total. The van der Waals surface area contributed by atoms with Gasteiger partial charge in [-0.05, 0) is 12.3 Å². The van der Waals surface area contributed by atoms with Crippen molar-refractivity contribution in [2.24, 2.45) is 5.92 Å². The standard InChI is InChI=1S/C18H25N5O7/c1-8(2)5-9-11(24)16(26)29-18(3,4)30-17(27)12(25)15(28-9)23-7-22-10-13(19)20-6-21-14(10)23/h6-9,11-12,15,24-25H,5H2,1-4H3,(H2,19,20,21)/t9-,11?,12?,15-/m1/s1. The van der Waals surface area contributed by atoms with E-state index in [-0.39, 0.29) is 29.3 Å². The smallest absolute Gasteiger partial charge is 0.343 e. The second-order valence-electron chi connectivity index (χ2n) is 7.91. The zero-order valence-electron chi connectivity index (χ0n) is 17.1. The predicted octanol–water partition coefficient (Wildman–Crippen LogP) is -0.104. The van der Waals surface area contributed by atoms with Gasteiger partial charge in [0.2, 0.25) is 0 Å². The molecule has 3 rings (SSSR count). The minimum atomic E-state index is -1.85. The van der Waals surface area contributed by atoms with Crippen LogP contribution in [0.5, 0.6) is 0 Å². The third-order valence-corrected chi connectivity index (χ3v) is 4.48. The van der Waals surface area contributed by atoms with E-state index in [1.165, 1.54) is 31.1 Å². The van der Waals surface area contributed by atoms with Crippen LogP contribution in [-0.2, 0) is 23.8 Å². The van der Waals surface area contributed by atoms with Crippen LogP contribution >= 0.6 is 0 Å². The van der Waals surface area contributed by atoms with Gasteiger partial charge in [-0.3, -0.25) is 4.57 Å². The van der Waals surface area contributed by atoms with Crippen molar-refractivity contribution in [3.8, 4) is 0 Å². The van der Waals surface area contributed by atoms with E-state index in [2.05, 4.69) is 15.0 Å². The minimum Gasteiger partial charge on any atom is -0.421 e. The summed E-state index contributed by atoms with van der Waals surface area (Å²) < 4.78 is 17.4. The summed E-state index contributed by atoms with van der Waals surface area (Å²) in [6.07, 6.45) is -3.36. The molecule has 4 atom stereocenters. The summed E-state index contributed by atoms with van der Waals surface area (Å²) in [6.45, 7) is 6.37. The lowest BCUT2D eigenvalue weighted by Gasteiger charge is -2.35. The average Bonchev–Trinajstić information content (AvgIpc) is 3.07. The van der Waals surface area contributed by atoms with Crippen molar-refractivity contribution in [3.63, 3.8) is 0 Å². The molecule has 0 aliphatic carbocycles. The molecule has 164 valence electrons. The maximum Gasteiger partial charge on any atom is 0.343 e. The van der Waals surface area contributed by atoms with Crippen LogP contribution in [0.4, 0.5) is 5.82 Å². The molecule has 0 spiro atoms. The van der Waals surface area contributed by atoms with Gasteiger partial charge >= 0.3 is 11.9 Å². The van der Waals surface area contributed by atoms with Gasteiger partial charge in [0.25, 0.3) is 5.79 Å². The van der Waals surface area contributed by atoms with E-state index < -0.39 is 42.3 Å². The van der Waals surface area contributed by atoms with Crippen molar-refractivity contribution in [2.45, 2.75) is 64.4 Å². The molecule has 2 aromatic heterocycles. The van der Waals surface area contributed by atoms with E-state index in [4.69, 9.17) is 19.9 Å². The molecule has 0 aromatic carbocycles. The summed E-state index contributed by atoms with van der Waals surface area (Å²) in [4.78, 5) is 37.0. The van der Waals surface area contributed by atoms with Gasteiger partial charge in [-0.25, -0.2) is 24.5 Å². The van der Waals surface area contributed by atoms with Crippen LogP contribution in [0.3, 0.4) is 0 Å². The molecule has 0 amide bonds. The van der Waals surface area contributed by atoms with Gasteiger partial charge in [-0.1, -0.05) is 13.8 Å². The van der Waals surface area contributed by atoms with Gasteiger partial charge in [0, 0.05) is 13.8 Å². The lowest BCUT2D eigenvalue weighted by atomic mass is 10.0. The summed E-state index contributed by atoms with van der Waals surface area (Å²) in [6, 6.07) is 0. The molecule has 1 saturated heterocycles. The largest absolute Gasteiger partial charge is 0.421 e. The van der Waals surface area contributed by atoms with Gasteiger partial charge in [0.05, 0.1) is 12.4 Å². The number of hydrogen-bond acceptors (Lipinski definition) is 11. The molecule has 1 aliphatic rings. The number of cyclic esters (lactones) is 2. The summed E-state index contributed by atoms with van der Waals surface area (Å²) in [5.74, 6) is -3.73. The number of anilines is 1. The fraction of sp³-hybridized carbons (Fsp3) is 0.611. The number of carbonyl (C=O) groups is 2. The van der Waals surface area contributed by atoms with Crippen molar-refractivity contribution < 1.29 is 34.0 Å². The molecule has 2 unspecified atom stereocenters. The molecule has 3 heterocycles. The summed E-state index contributed by atoms with van der Waals surface area (Å²) in [7, 11) is 0. The predicted molar refractivity (Wildman–Crippen MR) is 101 cm³/mol. The van der Waals surface area contributed by atoms with Crippen LogP contribution in [0.15, 0.2) is 12.7 Å². The lowest BCUT2D eigenvalue weighted by Crippen LogP contribution is -2.49. The molecule has 0 radical (unpaired) electrons. The molecule has 12 heteroatoms. The van der Waals surface area contributed by atoms with Crippen LogP contribution in [0.25, 0.3) is 11.2 Å². The normalized spacial score (nSPS) is 27.7. The highest BCUT2D eigenvalue weighted by Gasteiger charge is 2.43. The van der Waals surface area contributed by atoms with Gasteiger partial charge < -0.3 is 30.2 Å². The van der Waals surface area contributed by atoms with Crippen molar-refractivity contribution in [2.75, 3.05) is 5.73 Å². The number of aliphatic hydroxyl groups excluding tert-OH is 2. The first-order valence-corrected chi connectivity index (χ1v) is 9.40. The Hall–Kier alpha value is -2.83. The SMILES string of the molecule is CC(C)C[C@H]1O[C@@H](n2cnc3c(N)ncnc32)C(O)C(=O)OC(C)(C)OC(=O)C1O. The molecule has 30 heavy (non-hydrogen) atoms. The number of aliphatic hydroxyl groups is 2. The van der Waals surface area contributed by atoms with Crippen LogP contribution in [-0.4, -0.2) is 65.8 Å². The average molecular weight is 423 g/mol. The number of imidazole rings is 1. The van der Waals surface area contributed by atoms with Gasteiger partial charge in [-0.2, -0.15) is 0 Å². The summed E-state index contributed by atoms with van der Waals surface area (Å²) in [5.41, 5.74) is 6.23. The zero-order chi connectivity index (χ0) is 22.2. The molecule has 0 saturated carbocycles. The van der Waals surface area contributed by atoms with E-state index in [0.29, 0.717) is 0 Å². The second-order valence-corrected chi connectivity index (χ2v) is 7.91. The lowest BCUT2D eigenvalue weighted by molar-refractivity contribution is -0.247. The number of nitrogen functional groups attached to an aromatic ring is 1. The van der Waals surface area contributed by atoms with Crippen LogP contribution in [0, 0.1) is 5.92 Å². The topological polar surface area (TPSA) is 172 Å². The van der Waals surface area contributed by atoms with Crippen LogP contribution < -0.4 is 5.73 Å². The van der Waals surface area contributed by atoms with E-state index in [0.717, 1.165) is 0 Å². The third-order valence-electron chi connectivity index (χ3n) is 4.48. The Balaban J connectivity index is 2.10. The number of carbonyl (C=O) groups excluding carboxylic acids is 2. The van der Waals surface area contributed by atoms with Crippen molar-refractivity contribution in [1.29, 1.82) is 0 Å². The number of nitrogens with two attached hydrogens (primary N) is 1. The molecular weight excluding hydrogens is 398 g/mol. The maximum absolute atomic E-state index is 12.6. The minimum absolute atomic E-state index is 0.00986. The van der Waals surface area contributed by atoms with Gasteiger partial charge in [0.15, 0.2) is 29.9 Å².